The summed E-state index contributed by atoms with van der Waals surface area (Å²) in [5.41, 5.74) is 1.10. The Morgan fingerprint density at radius 1 is 1.09 bits per heavy atom. The number of anilines is 1. The largest absolute Gasteiger partial charge is 0.484 e. The number of hydrogen-bond acceptors (Lipinski definition) is 6. The molecule has 0 saturated carbocycles. The van der Waals surface area contributed by atoms with Gasteiger partial charge in [-0.1, -0.05) is 6.07 Å². The van der Waals surface area contributed by atoms with Gasteiger partial charge in [-0.05, 0) is 60.0 Å². The van der Waals surface area contributed by atoms with Gasteiger partial charge in [-0.25, -0.2) is 14.1 Å². The number of halogens is 1. The maximum absolute atomic E-state index is 13.4. The fourth-order valence-corrected chi connectivity index (χ4v) is 3.53. The highest BCUT2D eigenvalue weighted by Crippen LogP contribution is 2.26. The topological polar surface area (TPSA) is 89.4 Å². The highest BCUT2D eigenvalue weighted by Gasteiger charge is 2.19. The van der Waals surface area contributed by atoms with E-state index in [1.807, 2.05) is 17.5 Å². The van der Waals surface area contributed by atoms with Gasteiger partial charge in [-0.15, -0.1) is 16.4 Å². The molecule has 4 rings (SSSR count). The van der Waals surface area contributed by atoms with Gasteiger partial charge in [0.25, 0.3) is 11.8 Å². The third-order valence-electron chi connectivity index (χ3n) is 4.60. The van der Waals surface area contributed by atoms with E-state index in [0.29, 0.717) is 22.9 Å². The molecule has 2 amide bonds. The number of aromatic nitrogens is 3. The van der Waals surface area contributed by atoms with Crippen molar-refractivity contribution in [3.8, 4) is 22.1 Å². The molecular weight excluding hydrogens is 445 g/mol. The maximum atomic E-state index is 13.4. The molecular formula is C23H20FN5O3S. The lowest BCUT2D eigenvalue weighted by atomic mass is 10.3. The summed E-state index contributed by atoms with van der Waals surface area (Å²) in [6.07, 6.45) is 0. The van der Waals surface area contributed by atoms with Crippen molar-refractivity contribution in [2.75, 3.05) is 26.0 Å². The van der Waals surface area contributed by atoms with Gasteiger partial charge in [0.05, 0.1) is 10.6 Å². The summed E-state index contributed by atoms with van der Waals surface area (Å²) in [6, 6.07) is 16.2. The van der Waals surface area contributed by atoms with Gasteiger partial charge in [-0.3, -0.25) is 9.59 Å². The monoisotopic (exact) mass is 465 g/mol. The van der Waals surface area contributed by atoms with Crippen LogP contribution in [0.2, 0.25) is 0 Å². The second kappa shape index (κ2) is 9.61. The molecule has 168 valence electrons. The lowest BCUT2D eigenvalue weighted by Crippen LogP contribution is -2.27. The molecule has 0 fully saturated rings. The van der Waals surface area contributed by atoms with Crippen LogP contribution >= 0.6 is 11.3 Å². The van der Waals surface area contributed by atoms with Crippen molar-refractivity contribution < 1.29 is 18.7 Å². The molecule has 0 aliphatic carbocycles. The average molecular weight is 466 g/mol. The molecule has 8 nitrogen and oxygen atoms in total. The van der Waals surface area contributed by atoms with Crippen molar-refractivity contribution in [1.82, 2.24) is 19.7 Å². The number of rotatable bonds is 7. The van der Waals surface area contributed by atoms with E-state index in [9.17, 15) is 14.0 Å². The fourth-order valence-electron chi connectivity index (χ4n) is 2.83. The zero-order valence-corrected chi connectivity index (χ0v) is 18.7. The Morgan fingerprint density at radius 3 is 2.45 bits per heavy atom. The van der Waals surface area contributed by atoms with Crippen molar-refractivity contribution in [3.63, 3.8) is 0 Å². The van der Waals surface area contributed by atoms with Crippen LogP contribution in [0.1, 0.15) is 10.6 Å². The molecule has 0 radical (unpaired) electrons. The Hall–Kier alpha value is -4.05. The van der Waals surface area contributed by atoms with E-state index in [4.69, 9.17) is 4.74 Å². The minimum absolute atomic E-state index is 0.0281. The minimum Gasteiger partial charge on any atom is -0.484 e. The second-order valence-electron chi connectivity index (χ2n) is 7.18. The first kappa shape index (κ1) is 22.2. The molecule has 1 N–H and O–H groups in total. The predicted octanol–water partition coefficient (Wildman–Crippen LogP) is 3.85. The van der Waals surface area contributed by atoms with Gasteiger partial charge >= 0.3 is 0 Å². The highest BCUT2D eigenvalue weighted by atomic mass is 32.1. The number of nitrogens with zero attached hydrogens (tertiary/aromatic N) is 4. The van der Waals surface area contributed by atoms with E-state index in [2.05, 4.69) is 15.4 Å². The van der Waals surface area contributed by atoms with E-state index >= 15 is 0 Å². The predicted molar refractivity (Wildman–Crippen MR) is 123 cm³/mol. The molecule has 0 aliphatic heterocycles. The second-order valence-corrected chi connectivity index (χ2v) is 8.13. The summed E-state index contributed by atoms with van der Waals surface area (Å²) in [6.45, 7) is -0.0745. The van der Waals surface area contributed by atoms with Crippen molar-refractivity contribution in [1.29, 1.82) is 0 Å². The SMILES string of the molecule is CN(C)C(=O)COc1ccc(NC(=O)c2nc(-c3cccs3)n(-c3ccc(F)cc3)n2)cc1. The molecule has 2 heterocycles. The van der Waals surface area contributed by atoms with E-state index in [1.54, 1.807) is 50.5 Å². The van der Waals surface area contributed by atoms with Crippen molar-refractivity contribution in [3.05, 3.63) is 77.7 Å². The van der Waals surface area contributed by atoms with Crippen LogP contribution < -0.4 is 10.1 Å². The Kier molecular flexibility index (Phi) is 6.45. The number of carbonyl (C=O) groups is 2. The zero-order chi connectivity index (χ0) is 23.4. The van der Waals surface area contributed by atoms with Crippen LogP contribution in [-0.4, -0.2) is 52.2 Å². The minimum atomic E-state index is -0.495. The highest BCUT2D eigenvalue weighted by molar-refractivity contribution is 7.13. The molecule has 33 heavy (non-hydrogen) atoms. The summed E-state index contributed by atoms with van der Waals surface area (Å²) in [5.74, 6) is -0.0625. The molecule has 2 aromatic carbocycles. The molecule has 0 aliphatic rings. The van der Waals surface area contributed by atoms with E-state index in [0.717, 1.165) is 4.88 Å². The molecule has 2 aromatic heterocycles. The summed E-state index contributed by atoms with van der Waals surface area (Å²) in [5, 5.41) is 9.00. The van der Waals surface area contributed by atoms with E-state index in [1.165, 1.54) is 33.1 Å². The van der Waals surface area contributed by atoms with Crippen molar-refractivity contribution in [2.45, 2.75) is 0 Å². The van der Waals surface area contributed by atoms with Crippen molar-refractivity contribution in [2.24, 2.45) is 0 Å². The number of nitrogens with one attached hydrogen (secondary N) is 1. The van der Waals surface area contributed by atoms with Gasteiger partial charge in [-0.2, -0.15) is 0 Å². The normalized spacial score (nSPS) is 10.6. The van der Waals surface area contributed by atoms with Gasteiger partial charge in [0, 0.05) is 19.8 Å². The Balaban J connectivity index is 1.52. The standard InChI is InChI=1S/C23H20FN5O3S/c1-28(2)20(30)14-32-18-11-7-16(8-12-18)25-23(31)21-26-22(19-4-3-13-33-19)29(27-21)17-9-5-15(24)6-10-17/h3-13H,14H2,1-2H3,(H,25,31). The number of hydrogen-bond donors (Lipinski definition) is 1. The first-order valence-electron chi connectivity index (χ1n) is 9.92. The van der Waals surface area contributed by atoms with Gasteiger partial charge in [0.15, 0.2) is 12.4 Å². The van der Waals surface area contributed by atoms with E-state index in [-0.39, 0.29) is 24.2 Å². The van der Waals surface area contributed by atoms with Crippen LogP contribution in [0.3, 0.4) is 0 Å². The number of benzene rings is 2. The third kappa shape index (κ3) is 5.24. The number of likely N-dealkylation sites (N-methyl/N-ethyl adjacent to an activating group) is 1. The number of ether oxygens (including phenoxy) is 1. The molecule has 0 bridgehead atoms. The Morgan fingerprint density at radius 2 is 1.82 bits per heavy atom. The maximum Gasteiger partial charge on any atom is 0.295 e. The first-order chi connectivity index (χ1) is 15.9. The molecule has 10 heteroatoms. The van der Waals surface area contributed by atoms with Crippen LogP contribution in [0.5, 0.6) is 5.75 Å². The number of carbonyl (C=O) groups excluding carboxylic acids is 2. The molecule has 4 aromatic rings. The summed E-state index contributed by atoms with van der Waals surface area (Å²) < 4.78 is 20.3. The quantitative estimate of drug-likeness (QED) is 0.448. The summed E-state index contributed by atoms with van der Waals surface area (Å²) in [7, 11) is 3.30. The first-order valence-corrected chi connectivity index (χ1v) is 10.8. The van der Waals surface area contributed by atoms with Crippen LogP contribution in [0.4, 0.5) is 10.1 Å². The van der Waals surface area contributed by atoms with Crippen LogP contribution in [0, 0.1) is 5.82 Å². The number of amides is 2. The Bertz CT molecular complexity index is 1250. The molecule has 0 spiro atoms. The third-order valence-corrected chi connectivity index (χ3v) is 5.46. The molecule has 0 unspecified atom stereocenters. The summed E-state index contributed by atoms with van der Waals surface area (Å²) >= 11 is 1.46. The molecule has 0 saturated heterocycles. The van der Waals surface area contributed by atoms with Gasteiger partial charge in [0.1, 0.15) is 11.6 Å². The van der Waals surface area contributed by atoms with Crippen molar-refractivity contribution >= 4 is 28.8 Å². The van der Waals surface area contributed by atoms with Gasteiger partial charge < -0.3 is 15.0 Å². The smallest absolute Gasteiger partial charge is 0.295 e. The zero-order valence-electron chi connectivity index (χ0n) is 17.9. The molecule has 0 atom stereocenters. The van der Waals surface area contributed by atoms with E-state index < -0.39 is 5.91 Å². The summed E-state index contributed by atoms with van der Waals surface area (Å²) in [4.78, 5) is 31.1. The number of thiophene rings is 1. The fraction of sp³-hybridized carbons (Fsp3) is 0.130. The van der Waals surface area contributed by atoms with Gasteiger partial charge in [0.2, 0.25) is 5.82 Å². The van der Waals surface area contributed by atoms with Crippen LogP contribution in [0.25, 0.3) is 16.4 Å². The average Bonchev–Trinajstić information content (AvgIpc) is 3.49. The Labute approximate surface area is 193 Å². The van der Waals surface area contributed by atoms with Crippen LogP contribution in [0.15, 0.2) is 66.0 Å². The lowest BCUT2D eigenvalue weighted by molar-refractivity contribution is -0.130. The lowest BCUT2D eigenvalue weighted by Gasteiger charge is -2.11. The van der Waals surface area contributed by atoms with Crippen LogP contribution in [-0.2, 0) is 4.79 Å².